The van der Waals surface area contributed by atoms with Gasteiger partial charge in [0, 0.05) is 36.8 Å². The van der Waals surface area contributed by atoms with E-state index in [0.29, 0.717) is 36.6 Å². The molecule has 1 aromatic rings. The first-order valence-corrected chi connectivity index (χ1v) is 8.44. The fraction of sp³-hybridized carbons (Fsp3) is 0.471. The maximum Gasteiger partial charge on any atom is 0.233 e. The van der Waals surface area contributed by atoms with Crippen LogP contribution in [0.5, 0.6) is 0 Å². The predicted molar refractivity (Wildman–Crippen MR) is 92.9 cm³/mol. The fourth-order valence-corrected chi connectivity index (χ4v) is 2.74. The Balaban J connectivity index is 1.67. The van der Waals surface area contributed by atoms with E-state index in [1.54, 1.807) is 23.1 Å². The van der Waals surface area contributed by atoms with Crippen molar-refractivity contribution >= 4 is 35.0 Å². The van der Waals surface area contributed by atoms with Gasteiger partial charge in [-0.15, -0.1) is 0 Å². The van der Waals surface area contributed by atoms with E-state index in [0.717, 1.165) is 18.5 Å². The summed E-state index contributed by atoms with van der Waals surface area (Å²) in [5.74, 6) is -0.537. The van der Waals surface area contributed by atoms with Gasteiger partial charge in [-0.2, -0.15) is 0 Å². The number of amides is 3. The Bertz CT molecular complexity index is 634. The number of nitrogens with zero attached hydrogens (tertiary/aromatic N) is 1. The minimum absolute atomic E-state index is 0.178. The van der Waals surface area contributed by atoms with E-state index in [9.17, 15) is 14.4 Å². The summed E-state index contributed by atoms with van der Waals surface area (Å²) >= 11 is 5.90. The Kier molecular flexibility index (Phi) is 6.61. The first kappa shape index (κ1) is 18.3. The van der Waals surface area contributed by atoms with Gasteiger partial charge in [-0.05, 0) is 37.5 Å². The molecule has 0 atom stereocenters. The minimum atomic E-state index is -0.382. The molecule has 1 fully saturated rings. The van der Waals surface area contributed by atoms with E-state index >= 15 is 0 Å². The zero-order valence-electron chi connectivity index (χ0n) is 13.7. The van der Waals surface area contributed by atoms with Gasteiger partial charge in [0.1, 0.15) is 6.42 Å². The van der Waals surface area contributed by atoms with E-state index in [4.69, 9.17) is 11.6 Å². The predicted octanol–water partition coefficient (Wildman–Crippen LogP) is 2.11. The van der Waals surface area contributed by atoms with Crippen LogP contribution in [0.1, 0.15) is 31.2 Å². The molecule has 2 rings (SSSR count). The van der Waals surface area contributed by atoms with Gasteiger partial charge in [0.25, 0.3) is 0 Å². The zero-order valence-corrected chi connectivity index (χ0v) is 14.5. The van der Waals surface area contributed by atoms with Gasteiger partial charge in [0.15, 0.2) is 0 Å². The lowest BCUT2D eigenvalue weighted by atomic mass is 10.2. The Hall–Kier alpha value is -2.08. The van der Waals surface area contributed by atoms with E-state index in [-0.39, 0.29) is 24.1 Å². The lowest BCUT2D eigenvalue weighted by Gasteiger charge is -2.15. The molecule has 2 N–H and O–H groups in total. The number of hydrogen-bond donors (Lipinski definition) is 2. The van der Waals surface area contributed by atoms with Gasteiger partial charge in [-0.25, -0.2) is 0 Å². The SMILES string of the molecule is Cc1ccc(Cl)cc1NC(=O)CC(=O)NCCCN1CCCC1=O. The number of carbonyl (C=O) groups excluding carboxylic acids is 3. The van der Waals surface area contributed by atoms with Gasteiger partial charge in [-0.3, -0.25) is 14.4 Å². The van der Waals surface area contributed by atoms with Gasteiger partial charge < -0.3 is 15.5 Å². The Labute approximate surface area is 146 Å². The molecular weight excluding hydrogens is 330 g/mol. The summed E-state index contributed by atoms with van der Waals surface area (Å²) in [6.07, 6.45) is 1.98. The Morgan fingerprint density at radius 2 is 2.08 bits per heavy atom. The molecule has 0 spiro atoms. The Morgan fingerprint density at radius 3 is 2.79 bits per heavy atom. The largest absolute Gasteiger partial charge is 0.356 e. The smallest absolute Gasteiger partial charge is 0.233 e. The van der Waals surface area contributed by atoms with Gasteiger partial charge in [-0.1, -0.05) is 17.7 Å². The summed E-state index contributed by atoms with van der Waals surface area (Å²) in [6, 6.07) is 5.20. The average Bonchev–Trinajstić information content (AvgIpc) is 2.92. The van der Waals surface area contributed by atoms with Crippen molar-refractivity contribution in [3.05, 3.63) is 28.8 Å². The fourth-order valence-electron chi connectivity index (χ4n) is 2.57. The number of rotatable bonds is 7. The van der Waals surface area contributed by atoms with Gasteiger partial charge in [0.2, 0.25) is 17.7 Å². The van der Waals surface area contributed by atoms with Gasteiger partial charge in [0.05, 0.1) is 0 Å². The second-order valence-electron chi connectivity index (χ2n) is 5.87. The molecule has 0 radical (unpaired) electrons. The van der Waals surface area contributed by atoms with Gasteiger partial charge >= 0.3 is 0 Å². The van der Waals surface area contributed by atoms with Crippen molar-refractivity contribution in [2.75, 3.05) is 25.0 Å². The monoisotopic (exact) mass is 351 g/mol. The molecule has 1 heterocycles. The molecule has 1 saturated heterocycles. The van der Waals surface area contributed by atoms with Crippen molar-refractivity contribution < 1.29 is 14.4 Å². The number of nitrogens with one attached hydrogen (secondary N) is 2. The molecule has 0 unspecified atom stereocenters. The zero-order chi connectivity index (χ0) is 17.5. The van der Waals surface area contributed by atoms with Crippen molar-refractivity contribution in [1.29, 1.82) is 0 Å². The summed E-state index contributed by atoms with van der Waals surface area (Å²) in [6.45, 7) is 3.75. The highest BCUT2D eigenvalue weighted by Gasteiger charge is 2.19. The standard InChI is InChI=1S/C17H22ClN3O3/c1-12-5-6-13(18)10-14(12)20-16(23)11-15(22)19-7-3-9-21-8-2-4-17(21)24/h5-6,10H,2-4,7-9,11H2,1H3,(H,19,22)(H,20,23). The normalized spacial score (nSPS) is 13.9. The van der Waals surface area contributed by atoms with E-state index < -0.39 is 0 Å². The lowest BCUT2D eigenvalue weighted by Crippen LogP contribution is -2.32. The number of benzene rings is 1. The second kappa shape index (κ2) is 8.68. The van der Waals surface area contributed by atoms with Crippen LogP contribution in [-0.2, 0) is 14.4 Å². The maximum atomic E-state index is 11.9. The first-order chi connectivity index (χ1) is 11.5. The highest BCUT2D eigenvalue weighted by Crippen LogP contribution is 2.20. The average molecular weight is 352 g/mol. The number of carbonyl (C=O) groups is 3. The molecule has 24 heavy (non-hydrogen) atoms. The molecule has 3 amide bonds. The van der Waals surface area contributed by atoms with Crippen molar-refractivity contribution in [2.45, 2.75) is 32.6 Å². The molecule has 6 nitrogen and oxygen atoms in total. The number of hydrogen-bond acceptors (Lipinski definition) is 3. The van der Waals surface area contributed by atoms with E-state index in [1.165, 1.54) is 0 Å². The van der Waals surface area contributed by atoms with Crippen LogP contribution in [0.2, 0.25) is 5.02 Å². The summed E-state index contributed by atoms with van der Waals surface area (Å²) in [4.78, 5) is 36.9. The Morgan fingerprint density at radius 1 is 1.29 bits per heavy atom. The molecule has 0 aromatic heterocycles. The molecular formula is C17H22ClN3O3. The molecule has 0 aliphatic carbocycles. The molecule has 0 saturated carbocycles. The molecule has 130 valence electrons. The summed E-state index contributed by atoms with van der Waals surface area (Å²) in [5.41, 5.74) is 1.48. The van der Waals surface area contributed by atoms with E-state index in [1.807, 2.05) is 6.92 Å². The van der Waals surface area contributed by atoms with Crippen LogP contribution in [0.15, 0.2) is 18.2 Å². The third-order valence-electron chi connectivity index (χ3n) is 3.89. The van der Waals surface area contributed by atoms with Crippen LogP contribution in [0.4, 0.5) is 5.69 Å². The highest BCUT2D eigenvalue weighted by atomic mass is 35.5. The first-order valence-electron chi connectivity index (χ1n) is 8.06. The van der Waals surface area contributed by atoms with Crippen LogP contribution in [-0.4, -0.2) is 42.3 Å². The molecule has 1 aromatic carbocycles. The van der Waals surface area contributed by atoms with Crippen molar-refractivity contribution in [1.82, 2.24) is 10.2 Å². The van der Waals surface area contributed by atoms with Crippen molar-refractivity contribution in [3.8, 4) is 0 Å². The van der Waals surface area contributed by atoms with Crippen LogP contribution < -0.4 is 10.6 Å². The van der Waals surface area contributed by atoms with Crippen molar-refractivity contribution in [2.24, 2.45) is 0 Å². The third-order valence-corrected chi connectivity index (χ3v) is 4.13. The summed E-state index contributed by atoms with van der Waals surface area (Å²) in [7, 11) is 0. The maximum absolute atomic E-state index is 11.9. The number of halogens is 1. The molecule has 1 aliphatic heterocycles. The second-order valence-corrected chi connectivity index (χ2v) is 6.31. The molecule has 1 aliphatic rings. The van der Waals surface area contributed by atoms with E-state index in [2.05, 4.69) is 10.6 Å². The highest BCUT2D eigenvalue weighted by molar-refractivity contribution is 6.31. The van der Waals surface area contributed by atoms with Crippen molar-refractivity contribution in [3.63, 3.8) is 0 Å². The van der Waals surface area contributed by atoms with Crippen LogP contribution >= 0.6 is 11.6 Å². The number of aryl methyl sites for hydroxylation is 1. The van der Waals surface area contributed by atoms with Crippen LogP contribution in [0, 0.1) is 6.92 Å². The third kappa shape index (κ3) is 5.53. The lowest BCUT2D eigenvalue weighted by molar-refractivity contribution is -0.127. The number of anilines is 1. The summed E-state index contributed by atoms with van der Waals surface area (Å²) < 4.78 is 0. The molecule has 0 bridgehead atoms. The minimum Gasteiger partial charge on any atom is -0.356 e. The van der Waals surface area contributed by atoms with Crippen LogP contribution in [0.3, 0.4) is 0 Å². The molecule has 7 heteroatoms. The number of likely N-dealkylation sites (tertiary alicyclic amines) is 1. The quantitative estimate of drug-likeness (QED) is 0.583. The van der Waals surface area contributed by atoms with Crippen LogP contribution in [0.25, 0.3) is 0 Å². The topological polar surface area (TPSA) is 78.5 Å². The summed E-state index contributed by atoms with van der Waals surface area (Å²) in [5, 5.41) is 5.91.